The van der Waals surface area contributed by atoms with E-state index in [1.54, 1.807) is 11.8 Å². The Hall–Kier alpha value is -1.00. The smallest absolute Gasteiger partial charge is 0.251 e. The molecule has 1 amide bonds. The van der Waals surface area contributed by atoms with Crippen molar-refractivity contribution in [2.75, 3.05) is 19.4 Å². The van der Waals surface area contributed by atoms with Crippen LogP contribution in [-0.2, 0) is 5.75 Å². The van der Waals surface area contributed by atoms with E-state index in [9.17, 15) is 9.90 Å². The van der Waals surface area contributed by atoms with Gasteiger partial charge in [-0.05, 0) is 48.6 Å². The van der Waals surface area contributed by atoms with Gasteiger partial charge < -0.3 is 10.4 Å². The molecule has 2 atom stereocenters. The molecule has 1 aromatic carbocycles. The zero-order valence-corrected chi connectivity index (χ0v) is 12.8. The van der Waals surface area contributed by atoms with Crippen LogP contribution in [0.4, 0.5) is 0 Å². The van der Waals surface area contributed by atoms with Gasteiger partial charge >= 0.3 is 0 Å². The van der Waals surface area contributed by atoms with E-state index in [0.717, 1.165) is 25.0 Å². The molecule has 1 fully saturated rings. The minimum absolute atomic E-state index is 0.00992. The zero-order valence-electron chi connectivity index (χ0n) is 12.0. The summed E-state index contributed by atoms with van der Waals surface area (Å²) in [6, 6.07) is 7.80. The van der Waals surface area contributed by atoms with Gasteiger partial charge in [0.2, 0.25) is 0 Å². The molecular weight excluding hydrogens is 270 g/mol. The van der Waals surface area contributed by atoms with E-state index in [1.807, 2.05) is 24.3 Å². The van der Waals surface area contributed by atoms with Crippen molar-refractivity contribution in [3.05, 3.63) is 35.4 Å². The second-order valence-corrected chi connectivity index (χ2v) is 6.34. The van der Waals surface area contributed by atoms with Crippen LogP contribution in [0.15, 0.2) is 24.3 Å². The lowest BCUT2D eigenvalue weighted by molar-refractivity contribution is 0.0938. The molecule has 1 aliphatic carbocycles. The Morgan fingerprint density at radius 1 is 1.30 bits per heavy atom. The van der Waals surface area contributed by atoms with Gasteiger partial charge in [0.05, 0.1) is 0 Å². The van der Waals surface area contributed by atoms with Gasteiger partial charge in [-0.15, -0.1) is 0 Å². The van der Waals surface area contributed by atoms with Gasteiger partial charge in [-0.2, -0.15) is 11.8 Å². The highest BCUT2D eigenvalue weighted by Gasteiger charge is 2.26. The van der Waals surface area contributed by atoms with Gasteiger partial charge in [-0.3, -0.25) is 4.79 Å². The van der Waals surface area contributed by atoms with Crippen LogP contribution in [0.3, 0.4) is 0 Å². The molecule has 0 radical (unpaired) electrons. The number of thioether (sulfide) groups is 1. The van der Waals surface area contributed by atoms with Gasteiger partial charge in [0.15, 0.2) is 0 Å². The largest absolute Gasteiger partial charge is 0.396 e. The summed E-state index contributed by atoms with van der Waals surface area (Å²) in [5, 5.41) is 12.3. The Morgan fingerprint density at radius 3 is 2.65 bits per heavy atom. The van der Waals surface area contributed by atoms with Crippen molar-refractivity contribution in [3.63, 3.8) is 0 Å². The number of hydrogen-bond acceptors (Lipinski definition) is 3. The monoisotopic (exact) mass is 293 g/mol. The average molecular weight is 293 g/mol. The molecular formula is C16H23NO2S. The lowest BCUT2D eigenvalue weighted by atomic mass is 9.97. The van der Waals surface area contributed by atoms with Crippen LogP contribution in [0.5, 0.6) is 0 Å². The van der Waals surface area contributed by atoms with Crippen LogP contribution in [0.2, 0.25) is 0 Å². The number of carbonyl (C=O) groups is 1. The van der Waals surface area contributed by atoms with Crippen LogP contribution < -0.4 is 5.32 Å². The summed E-state index contributed by atoms with van der Waals surface area (Å²) in [4.78, 5) is 12.1. The SMILES string of the molecule is CSCc1ccc(C(=O)NCC2CCCC2CO)cc1. The Morgan fingerprint density at radius 2 is 2.00 bits per heavy atom. The van der Waals surface area contributed by atoms with Gasteiger partial charge in [0.1, 0.15) is 0 Å². The van der Waals surface area contributed by atoms with E-state index in [4.69, 9.17) is 0 Å². The summed E-state index contributed by atoms with van der Waals surface area (Å²) in [5.41, 5.74) is 1.96. The lowest BCUT2D eigenvalue weighted by Gasteiger charge is -2.17. The number of aliphatic hydroxyl groups is 1. The van der Waals surface area contributed by atoms with Crippen molar-refractivity contribution in [1.82, 2.24) is 5.32 Å². The van der Waals surface area contributed by atoms with Crippen LogP contribution in [0, 0.1) is 11.8 Å². The summed E-state index contributed by atoms with van der Waals surface area (Å²) in [5.74, 6) is 1.76. The summed E-state index contributed by atoms with van der Waals surface area (Å²) in [6.07, 6.45) is 5.42. The van der Waals surface area contributed by atoms with Crippen LogP contribution in [-0.4, -0.2) is 30.4 Å². The highest BCUT2D eigenvalue weighted by atomic mass is 32.2. The standard InChI is InChI=1S/C16H23NO2S/c1-20-11-12-5-7-13(8-6-12)16(19)17-9-14-3-2-4-15(14)10-18/h5-8,14-15,18H,2-4,9-11H2,1H3,(H,17,19). The first-order chi connectivity index (χ1) is 9.74. The third kappa shape index (κ3) is 4.00. The summed E-state index contributed by atoms with van der Waals surface area (Å²) >= 11 is 1.77. The normalized spacial score (nSPS) is 21.9. The molecule has 20 heavy (non-hydrogen) atoms. The summed E-state index contributed by atoms with van der Waals surface area (Å²) in [6.45, 7) is 0.917. The van der Waals surface area contributed by atoms with Gasteiger partial charge in [0.25, 0.3) is 5.91 Å². The molecule has 0 heterocycles. The van der Waals surface area contributed by atoms with Crippen molar-refractivity contribution in [3.8, 4) is 0 Å². The number of carbonyl (C=O) groups excluding carboxylic acids is 1. The number of aliphatic hydroxyl groups excluding tert-OH is 1. The molecule has 1 saturated carbocycles. The molecule has 1 aromatic rings. The second kappa shape index (κ2) is 7.70. The molecule has 0 aliphatic heterocycles. The first-order valence-electron chi connectivity index (χ1n) is 7.21. The Kier molecular flexibility index (Phi) is 5.92. The Balaban J connectivity index is 1.85. The molecule has 1 aliphatic rings. The van der Waals surface area contributed by atoms with Crippen molar-refractivity contribution in [1.29, 1.82) is 0 Å². The molecule has 110 valence electrons. The number of benzene rings is 1. The quantitative estimate of drug-likeness (QED) is 0.848. The number of nitrogens with one attached hydrogen (secondary N) is 1. The van der Waals surface area contributed by atoms with E-state index in [2.05, 4.69) is 11.6 Å². The van der Waals surface area contributed by atoms with E-state index >= 15 is 0 Å². The second-order valence-electron chi connectivity index (χ2n) is 5.47. The third-order valence-electron chi connectivity index (χ3n) is 4.10. The van der Waals surface area contributed by atoms with Crippen LogP contribution in [0.25, 0.3) is 0 Å². The van der Waals surface area contributed by atoms with E-state index in [1.165, 1.54) is 5.56 Å². The fourth-order valence-electron chi connectivity index (χ4n) is 2.87. The molecule has 2 unspecified atom stereocenters. The molecule has 0 saturated heterocycles. The first kappa shape index (κ1) is 15.4. The van der Waals surface area contributed by atoms with E-state index in [-0.39, 0.29) is 12.5 Å². The van der Waals surface area contributed by atoms with Crippen molar-refractivity contribution in [2.45, 2.75) is 25.0 Å². The molecule has 2 rings (SSSR count). The van der Waals surface area contributed by atoms with Crippen molar-refractivity contribution < 1.29 is 9.90 Å². The third-order valence-corrected chi connectivity index (χ3v) is 4.72. The Bertz CT molecular complexity index is 433. The minimum Gasteiger partial charge on any atom is -0.396 e. The Labute approximate surface area is 125 Å². The van der Waals surface area contributed by atoms with Gasteiger partial charge in [-0.1, -0.05) is 18.6 Å². The molecule has 3 nitrogen and oxygen atoms in total. The number of rotatable bonds is 6. The van der Waals surface area contributed by atoms with Crippen molar-refractivity contribution in [2.24, 2.45) is 11.8 Å². The van der Waals surface area contributed by atoms with Gasteiger partial charge in [-0.25, -0.2) is 0 Å². The van der Waals surface area contributed by atoms with Crippen molar-refractivity contribution >= 4 is 17.7 Å². The van der Waals surface area contributed by atoms with Crippen LogP contribution >= 0.6 is 11.8 Å². The molecule has 0 spiro atoms. The fraction of sp³-hybridized carbons (Fsp3) is 0.562. The molecule has 2 N–H and O–H groups in total. The fourth-order valence-corrected chi connectivity index (χ4v) is 3.39. The van der Waals surface area contributed by atoms with Crippen LogP contribution in [0.1, 0.15) is 35.2 Å². The highest BCUT2D eigenvalue weighted by Crippen LogP contribution is 2.30. The van der Waals surface area contributed by atoms with E-state index in [0.29, 0.717) is 23.9 Å². The maximum atomic E-state index is 12.1. The predicted molar refractivity (Wildman–Crippen MR) is 83.9 cm³/mol. The van der Waals surface area contributed by atoms with E-state index < -0.39 is 0 Å². The molecule has 0 bridgehead atoms. The summed E-state index contributed by atoms with van der Waals surface area (Å²) in [7, 11) is 0. The lowest BCUT2D eigenvalue weighted by Crippen LogP contribution is -2.31. The maximum absolute atomic E-state index is 12.1. The summed E-state index contributed by atoms with van der Waals surface area (Å²) < 4.78 is 0. The highest BCUT2D eigenvalue weighted by molar-refractivity contribution is 7.97. The van der Waals surface area contributed by atoms with Gasteiger partial charge in [0, 0.05) is 24.5 Å². The number of hydrogen-bond donors (Lipinski definition) is 2. The topological polar surface area (TPSA) is 49.3 Å². The minimum atomic E-state index is -0.00992. The first-order valence-corrected chi connectivity index (χ1v) is 8.61. The average Bonchev–Trinajstić information content (AvgIpc) is 2.93. The molecule has 0 aromatic heterocycles. The predicted octanol–water partition coefficient (Wildman–Crippen LogP) is 2.69. The number of amides is 1. The molecule has 4 heteroatoms. The zero-order chi connectivity index (χ0) is 14.4. The maximum Gasteiger partial charge on any atom is 0.251 e.